The van der Waals surface area contributed by atoms with Crippen molar-refractivity contribution in [2.24, 2.45) is 5.92 Å². The van der Waals surface area contributed by atoms with Crippen LogP contribution in [0.15, 0.2) is 30.9 Å². The van der Waals surface area contributed by atoms with E-state index in [1.807, 2.05) is 16.9 Å². The molecule has 4 heterocycles. The predicted molar refractivity (Wildman–Crippen MR) is 108 cm³/mol. The van der Waals surface area contributed by atoms with Crippen LogP contribution in [0.5, 0.6) is 0 Å². The minimum Gasteiger partial charge on any atom is -0.368 e. The fourth-order valence-corrected chi connectivity index (χ4v) is 4.29. The molecule has 6 rings (SSSR count). The average Bonchev–Trinajstić information content (AvgIpc) is 3.30. The van der Waals surface area contributed by atoms with E-state index in [2.05, 4.69) is 49.0 Å². The van der Waals surface area contributed by atoms with E-state index >= 15 is 0 Å². The van der Waals surface area contributed by atoms with Crippen molar-refractivity contribution in [3.05, 3.63) is 36.7 Å². The van der Waals surface area contributed by atoms with Gasteiger partial charge in [-0.2, -0.15) is 5.10 Å². The van der Waals surface area contributed by atoms with Gasteiger partial charge in [-0.3, -0.25) is 0 Å². The lowest BCUT2D eigenvalue weighted by atomic mass is 9.85. The molecule has 142 valence electrons. The molecule has 2 fully saturated rings. The highest BCUT2D eigenvalue weighted by Gasteiger charge is 2.27. The van der Waals surface area contributed by atoms with E-state index < -0.39 is 0 Å². The average molecular weight is 373 g/mol. The van der Waals surface area contributed by atoms with Crippen LogP contribution in [0.2, 0.25) is 0 Å². The number of nitrogens with one attached hydrogen (secondary N) is 1. The summed E-state index contributed by atoms with van der Waals surface area (Å²) in [5.41, 5.74) is 5.15. The Kier molecular flexibility index (Phi) is 3.45. The Morgan fingerprint density at radius 3 is 2.86 bits per heavy atom. The van der Waals surface area contributed by atoms with E-state index in [4.69, 9.17) is 0 Å². The normalized spacial score (nSPS) is 17.3. The van der Waals surface area contributed by atoms with Gasteiger partial charge in [0.1, 0.15) is 17.7 Å². The molecule has 2 aliphatic rings. The van der Waals surface area contributed by atoms with Gasteiger partial charge in [-0.15, -0.1) is 0 Å². The van der Waals surface area contributed by atoms with Gasteiger partial charge in [0.15, 0.2) is 11.5 Å². The summed E-state index contributed by atoms with van der Waals surface area (Å²) < 4.78 is 4.25. The van der Waals surface area contributed by atoms with Crippen LogP contribution in [0.3, 0.4) is 0 Å². The molecule has 7 nitrogen and oxygen atoms in total. The predicted octanol–water partition coefficient (Wildman–Crippen LogP) is 4.00. The lowest BCUT2D eigenvalue weighted by Crippen LogP contribution is -2.21. The second-order valence-electron chi connectivity index (χ2n) is 8.14. The van der Waals surface area contributed by atoms with Crippen LogP contribution in [0, 0.1) is 12.8 Å². The number of anilines is 1. The van der Waals surface area contributed by atoms with Gasteiger partial charge in [-0.1, -0.05) is 6.42 Å². The maximum absolute atomic E-state index is 4.66. The number of aromatic nitrogens is 6. The lowest BCUT2D eigenvalue weighted by molar-refractivity contribution is 0.333. The van der Waals surface area contributed by atoms with Crippen LogP contribution >= 0.6 is 0 Å². The highest BCUT2D eigenvalue weighted by molar-refractivity contribution is 5.90. The zero-order valence-corrected chi connectivity index (χ0v) is 16.0. The van der Waals surface area contributed by atoms with Crippen molar-refractivity contribution in [3.8, 4) is 11.1 Å². The van der Waals surface area contributed by atoms with Crippen molar-refractivity contribution < 1.29 is 0 Å². The Balaban J connectivity index is 1.46. The van der Waals surface area contributed by atoms with E-state index in [0.29, 0.717) is 6.04 Å². The van der Waals surface area contributed by atoms with Crippen LogP contribution in [-0.4, -0.2) is 35.7 Å². The molecule has 2 aliphatic carbocycles. The number of fused-ring (bicyclic) bond motifs is 2. The van der Waals surface area contributed by atoms with E-state index in [9.17, 15) is 0 Å². The third kappa shape index (κ3) is 2.49. The third-order valence-corrected chi connectivity index (χ3v) is 6.18. The van der Waals surface area contributed by atoms with Gasteiger partial charge in [0, 0.05) is 36.1 Å². The molecule has 0 saturated heterocycles. The summed E-state index contributed by atoms with van der Waals surface area (Å²) >= 11 is 0. The van der Waals surface area contributed by atoms with Crippen LogP contribution in [0.1, 0.15) is 44.0 Å². The molecule has 0 aromatic carbocycles. The minimum absolute atomic E-state index is 0.580. The molecular formula is C21H23N7. The molecule has 0 spiro atoms. The second-order valence-corrected chi connectivity index (χ2v) is 8.14. The van der Waals surface area contributed by atoms with Gasteiger partial charge in [0.25, 0.3) is 0 Å². The molecule has 4 aromatic heterocycles. The zero-order valence-electron chi connectivity index (χ0n) is 16.0. The Bertz CT molecular complexity index is 1180. The van der Waals surface area contributed by atoms with E-state index in [1.165, 1.54) is 32.1 Å². The van der Waals surface area contributed by atoms with Crippen molar-refractivity contribution in [1.82, 2.24) is 29.1 Å². The summed E-state index contributed by atoms with van der Waals surface area (Å²) in [6.07, 6.45) is 12.0. The first-order chi connectivity index (χ1) is 13.8. The largest absolute Gasteiger partial charge is 0.368 e. The van der Waals surface area contributed by atoms with E-state index in [1.54, 1.807) is 6.33 Å². The number of nitrogens with zero attached hydrogens (tertiary/aromatic N) is 6. The summed E-state index contributed by atoms with van der Waals surface area (Å²) in [6, 6.07) is 4.90. The van der Waals surface area contributed by atoms with Gasteiger partial charge in [-0.25, -0.2) is 19.5 Å². The quantitative estimate of drug-likeness (QED) is 0.572. The number of hydrogen-bond acceptors (Lipinski definition) is 5. The van der Waals surface area contributed by atoms with Crippen molar-refractivity contribution in [2.75, 3.05) is 11.9 Å². The molecule has 1 N–H and O–H groups in total. The summed E-state index contributed by atoms with van der Waals surface area (Å²) in [6.45, 7) is 3.05. The summed E-state index contributed by atoms with van der Waals surface area (Å²) in [7, 11) is 0. The van der Waals surface area contributed by atoms with Gasteiger partial charge in [0.05, 0.1) is 5.52 Å². The van der Waals surface area contributed by atoms with Crippen LogP contribution < -0.4 is 5.32 Å². The van der Waals surface area contributed by atoms with Gasteiger partial charge < -0.3 is 9.88 Å². The molecule has 0 aliphatic heterocycles. The Morgan fingerprint density at radius 2 is 2.07 bits per heavy atom. The molecule has 7 heteroatoms. The van der Waals surface area contributed by atoms with E-state index in [-0.39, 0.29) is 0 Å². The summed E-state index contributed by atoms with van der Waals surface area (Å²) in [5.74, 6) is 2.71. The van der Waals surface area contributed by atoms with Crippen molar-refractivity contribution >= 4 is 22.5 Å². The number of imidazole rings is 1. The topological polar surface area (TPSA) is 72.9 Å². The van der Waals surface area contributed by atoms with Crippen molar-refractivity contribution in [1.29, 1.82) is 0 Å². The minimum atomic E-state index is 0.580. The highest BCUT2D eigenvalue weighted by Crippen LogP contribution is 2.39. The van der Waals surface area contributed by atoms with Gasteiger partial charge >= 0.3 is 0 Å². The first-order valence-corrected chi connectivity index (χ1v) is 10.2. The van der Waals surface area contributed by atoms with Gasteiger partial charge in [-0.05, 0) is 50.7 Å². The zero-order chi connectivity index (χ0) is 18.7. The monoisotopic (exact) mass is 373 g/mol. The third-order valence-electron chi connectivity index (χ3n) is 6.18. The molecule has 0 radical (unpaired) electrons. The van der Waals surface area contributed by atoms with Gasteiger partial charge in [0.2, 0.25) is 0 Å². The number of hydrogen-bond donors (Lipinski definition) is 1. The molecule has 0 amide bonds. The SMILES string of the molecule is Cc1nc2ncc(-c3ccn4ncnc(NCC5CCC5)c34)cc2n1C1CC1. The smallest absolute Gasteiger partial charge is 0.177 e. The lowest BCUT2D eigenvalue weighted by Gasteiger charge is -2.25. The molecule has 0 atom stereocenters. The Morgan fingerprint density at radius 1 is 1.18 bits per heavy atom. The second kappa shape index (κ2) is 6.02. The van der Waals surface area contributed by atoms with Crippen molar-refractivity contribution in [2.45, 2.75) is 45.1 Å². The van der Waals surface area contributed by atoms with Crippen LogP contribution in [0.4, 0.5) is 5.82 Å². The highest BCUT2D eigenvalue weighted by atomic mass is 15.3. The molecule has 28 heavy (non-hydrogen) atoms. The first kappa shape index (κ1) is 16.0. The fraction of sp³-hybridized carbons (Fsp3) is 0.429. The first-order valence-electron chi connectivity index (χ1n) is 10.2. The summed E-state index contributed by atoms with van der Waals surface area (Å²) in [4.78, 5) is 13.8. The standard InChI is InChI=1S/C21H23N7/c1-13-26-20-18(28(13)16-5-6-16)9-15(11-23-20)17-7-8-27-19(17)21(24-12-25-27)22-10-14-3-2-4-14/h7-9,11-12,14,16H,2-6,10H2,1H3,(H,22,24,25). The number of rotatable bonds is 5. The number of aryl methyl sites for hydroxylation is 1. The van der Waals surface area contributed by atoms with Crippen molar-refractivity contribution in [3.63, 3.8) is 0 Å². The van der Waals surface area contributed by atoms with E-state index in [0.717, 1.165) is 51.9 Å². The maximum atomic E-state index is 4.66. The maximum Gasteiger partial charge on any atom is 0.177 e. The summed E-state index contributed by atoms with van der Waals surface area (Å²) in [5, 5.41) is 7.96. The molecular weight excluding hydrogens is 350 g/mol. The Labute approximate surface area is 162 Å². The Hall–Kier alpha value is -2.96. The molecule has 0 bridgehead atoms. The molecule has 0 unspecified atom stereocenters. The van der Waals surface area contributed by atoms with Crippen LogP contribution in [-0.2, 0) is 0 Å². The molecule has 2 saturated carbocycles. The molecule has 4 aromatic rings. The number of pyridine rings is 1. The fourth-order valence-electron chi connectivity index (χ4n) is 4.29. The van der Waals surface area contributed by atoms with Crippen LogP contribution in [0.25, 0.3) is 27.8 Å².